The normalized spacial score (nSPS) is 38.0. The first-order valence-corrected chi connectivity index (χ1v) is 5.53. The summed E-state index contributed by atoms with van der Waals surface area (Å²) >= 11 is 0. The first-order chi connectivity index (χ1) is 6.65. The van der Waals surface area contributed by atoms with Gasteiger partial charge in [-0.05, 0) is 37.5 Å². The predicted molar refractivity (Wildman–Crippen MR) is 53.6 cm³/mol. The molecule has 80 valence electrons. The second kappa shape index (κ2) is 3.54. The fourth-order valence-corrected chi connectivity index (χ4v) is 2.71. The summed E-state index contributed by atoms with van der Waals surface area (Å²) in [5.41, 5.74) is 5.41. The van der Waals surface area contributed by atoms with E-state index < -0.39 is 5.54 Å². The van der Waals surface area contributed by atoms with E-state index >= 15 is 0 Å². The minimum Gasteiger partial charge on any atom is -0.468 e. The molecule has 14 heavy (non-hydrogen) atoms. The van der Waals surface area contributed by atoms with Gasteiger partial charge >= 0.3 is 5.97 Å². The number of rotatable bonds is 2. The molecule has 3 heteroatoms. The smallest absolute Gasteiger partial charge is 0.325 e. The fraction of sp³-hybridized carbons (Fsp3) is 0.909. The molecule has 0 heterocycles. The molecule has 0 amide bonds. The number of carbonyl (C=O) groups excluding carboxylic acids is 1. The third-order valence-electron chi connectivity index (χ3n) is 3.70. The van der Waals surface area contributed by atoms with Crippen molar-refractivity contribution in [1.82, 2.24) is 0 Å². The highest BCUT2D eigenvalue weighted by molar-refractivity contribution is 5.80. The summed E-state index contributed by atoms with van der Waals surface area (Å²) in [6.45, 7) is 0. The summed E-state index contributed by atoms with van der Waals surface area (Å²) in [5.74, 6) is 1.30. The van der Waals surface area contributed by atoms with E-state index in [-0.39, 0.29) is 5.97 Å². The molecule has 0 spiro atoms. The highest BCUT2D eigenvalue weighted by Crippen LogP contribution is 2.46. The summed E-state index contributed by atoms with van der Waals surface area (Å²) in [4.78, 5) is 11.5. The molecule has 0 aromatic heterocycles. The van der Waals surface area contributed by atoms with Crippen molar-refractivity contribution in [2.45, 2.75) is 44.1 Å². The molecular weight excluding hydrogens is 178 g/mol. The van der Waals surface area contributed by atoms with Crippen molar-refractivity contribution in [2.24, 2.45) is 17.6 Å². The van der Waals surface area contributed by atoms with Crippen molar-refractivity contribution in [3.63, 3.8) is 0 Å². The van der Waals surface area contributed by atoms with E-state index in [2.05, 4.69) is 0 Å². The number of nitrogens with two attached hydrogens (primary N) is 1. The van der Waals surface area contributed by atoms with Gasteiger partial charge in [0.25, 0.3) is 0 Å². The van der Waals surface area contributed by atoms with Crippen molar-refractivity contribution >= 4 is 5.97 Å². The lowest BCUT2D eigenvalue weighted by atomic mass is 9.74. The van der Waals surface area contributed by atoms with Crippen molar-refractivity contribution in [2.75, 3.05) is 7.11 Å². The quantitative estimate of drug-likeness (QED) is 0.682. The van der Waals surface area contributed by atoms with Crippen molar-refractivity contribution in [1.29, 1.82) is 0 Å². The van der Waals surface area contributed by atoms with Crippen molar-refractivity contribution in [3.8, 4) is 0 Å². The van der Waals surface area contributed by atoms with E-state index in [1.54, 1.807) is 0 Å². The molecule has 0 radical (unpaired) electrons. The summed E-state index contributed by atoms with van der Waals surface area (Å²) in [5, 5.41) is 0. The fourth-order valence-electron chi connectivity index (χ4n) is 2.71. The Morgan fingerprint density at radius 2 is 2.07 bits per heavy atom. The Balaban J connectivity index is 2.00. The lowest BCUT2D eigenvalue weighted by Gasteiger charge is -2.35. The van der Waals surface area contributed by atoms with Crippen molar-refractivity contribution in [3.05, 3.63) is 0 Å². The zero-order valence-corrected chi connectivity index (χ0v) is 8.79. The average Bonchev–Trinajstić information content (AvgIpc) is 3.00. The lowest BCUT2D eigenvalue weighted by Crippen LogP contribution is -2.52. The minimum atomic E-state index is -0.680. The molecule has 0 aliphatic heterocycles. The van der Waals surface area contributed by atoms with Gasteiger partial charge in [-0.2, -0.15) is 0 Å². The van der Waals surface area contributed by atoms with E-state index in [9.17, 15) is 4.79 Å². The molecule has 0 aromatic rings. The Morgan fingerprint density at radius 1 is 1.36 bits per heavy atom. The van der Waals surface area contributed by atoms with Gasteiger partial charge in [0.05, 0.1) is 7.11 Å². The zero-order chi connectivity index (χ0) is 10.2. The SMILES string of the molecule is COC(=O)C1(N)CCCC(C2CC2)C1. The van der Waals surface area contributed by atoms with E-state index in [4.69, 9.17) is 10.5 Å². The number of carbonyl (C=O) groups is 1. The monoisotopic (exact) mass is 197 g/mol. The molecule has 2 atom stereocenters. The molecular formula is C11H19NO2. The van der Waals surface area contributed by atoms with Gasteiger partial charge in [-0.15, -0.1) is 0 Å². The summed E-state index contributed by atoms with van der Waals surface area (Å²) < 4.78 is 4.78. The van der Waals surface area contributed by atoms with Gasteiger partial charge < -0.3 is 10.5 Å². The zero-order valence-electron chi connectivity index (χ0n) is 8.79. The van der Waals surface area contributed by atoms with Crippen molar-refractivity contribution < 1.29 is 9.53 Å². The molecule has 2 unspecified atom stereocenters. The Hall–Kier alpha value is -0.570. The van der Waals surface area contributed by atoms with Crippen LogP contribution < -0.4 is 5.73 Å². The van der Waals surface area contributed by atoms with Crippen LogP contribution in [0.1, 0.15) is 38.5 Å². The standard InChI is InChI=1S/C11H19NO2/c1-14-10(13)11(12)6-2-3-9(7-11)8-4-5-8/h8-9H,2-7,12H2,1H3. The number of methoxy groups -OCH3 is 1. The van der Waals surface area contributed by atoms with Gasteiger partial charge in [-0.25, -0.2) is 0 Å². The third-order valence-corrected chi connectivity index (χ3v) is 3.70. The van der Waals surface area contributed by atoms with Crippen LogP contribution >= 0.6 is 0 Å². The van der Waals surface area contributed by atoms with Gasteiger partial charge in [0.15, 0.2) is 0 Å². The molecule has 2 aliphatic carbocycles. The molecule has 0 aromatic carbocycles. The second-order valence-corrected chi connectivity index (χ2v) is 4.84. The van der Waals surface area contributed by atoms with Crippen LogP contribution in [0.15, 0.2) is 0 Å². The molecule has 2 N–H and O–H groups in total. The van der Waals surface area contributed by atoms with Crippen LogP contribution in [-0.4, -0.2) is 18.6 Å². The minimum absolute atomic E-state index is 0.220. The molecule has 2 saturated carbocycles. The maximum Gasteiger partial charge on any atom is 0.325 e. The molecule has 0 saturated heterocycles. The van der Waals surface area contributed by atoms with E-state index in [1.807, 2.05) is 0 Å². The van der Waals surface area contributed by atoms with Crippen LogP contribution in [0.25, 0.3) is 0 Å². The summed E-state index contributed by atoms with van der Waals surface area (Å²) in [6, 6.07) is 0. The highest BCUT2D eigenvalue weighted by atomic mass is 16.5. The Labute approximate surface area is 85.0 Å². The number of ether oxygens (including phenoxy) is 1. The van der Waals surface area contributed by atoms with E-state index in [1.165, 1.54) is 26.4 Å². The predicted octanol–water partition coefficient (Wildman–Crippen LogP) is 1.46. The average molecular weight is 197 g/mol. The topological polar surface area (TPSA) is 52.3 Å². The van der Waals surface area contributed by atoms with Crippen LogP contribution in [-0.2, 0) is 9.53 Å². The number of hydrogen-bond acceptors (Lipinski definition) is 3. The van der Waals surface area contributed by atoms with E-state index in [0.29, 0.717) is 5.92 Å². The highest BCUT2D eigenvalue weighted by Gasteiger charge is 2.44. The van der Waals surface area contributed by atoms with Crippen LogP contribution in [0.3, 0.4) is 0 Å². The number of hydrogen-bond donors (Lipinski definition) is 1. The third kappa shape index (κ3) is 1.78. The van der Waals surface area contributed by atoms with Gasteiger partial charge in [0, 0.05) is 0 Å². The Bertz CT molecular complexity index is 237. The summed E-state index contributed by atoms with van der Waals surface area (Å²) in [6.07, 6.45) is 6.63. The van der Waals surface area contributed by atoms with E-state index in [0.717, 1.165) is 25.2 Å². The van der Waals surface area contributed by atoms with Crippen LogP contribution in [0, 0.1) is 11.8 Å². The molecule has 0 bridgehead atoms. The molecule has 2 rings (SSSR count). The Morgan fingerprint density at radius 3 is 2.64 bits per heavy atom. The van der Waals surface area contributed by atoms with Gasteiger partial charge in [0.1, 0.15) is 5.54 Å². The van der Waals surface area contributed by atoms with Crippen LogP contribution in [0.5, 0.6) is 0 Å². The largest absolute Gasteiger partial charge is 0.468 e. The molecule has 3 nitrogen and oxygen atoms in total. The number of esters is 1. The molecule has 2 aliphatic rings. The first kappa shape index (κ1) is 9.97. The molecule has 2 fully saturated rings. The first-order valence-electron chi connectivity index (χ1n) is 5.53. The van der Waals surface area contributed by atoms with Gasteiger partial charge in [-0.1, -0.05) is 12.8 Å². The van der Waals surface area contributed by atoms with Crippen LogP contribution in [0.4, 0.5) is 0 Å². The maximum atomic E-state index is 11.5. The van der Waals surface area contributed by atoms with Gasteiger partial charge in [0.2, 0.25) is 0 Å². The van der Waals surface area contributed by atoms with Crippen LogP contribution in [0.2, 0.25) is 0 Å². The summed E-state index contributed by atoms with van der Waals surface area (Å²) in [7, 11) is 1.43. The lowest BCUT2D eigenvalue weighted by molar-refractivity contribution is -0.149. The van der Waals surface area contributed by atoms with Gasteiger partial charge in [-0.3, -0.25) is 4.79 Å². The maximum absolute atomic E-state index is 11.5. The Kier molecular flexibility index (Phi) is 2.52. The second-order valence-electron chi connectivity index (χ2n) is 4.84.